The second-order valence-electron chi connectivity index (χ2n) is 4.49. The van der Waals surface area contributed by atoms with Crippen molar-refractivity contribution in [1.29, 1.82) is 0 Å². The monoisotopic (exact) mass is 293 g/mol. The van der Waals surface area contributed by atoms with E-state index in [2.05, 4.69) is 20.5 Å². The Hall–Kier alpha value is -3.35. The van der Waals surface area contributed by atoms with Gasteiger partial charge in [-0.3, -0.25) is 20.5 Å². The van der Waals surface area contributed by atoms with Gasteiger partial charge in [-0.15, -0.1) is 0 Å². The van der Waals surface area contributed by atoms with Crippen LogP contribution < -0.4 is 5.43 Å². The molecule has 7 nitrogen and oxygen atoms in total. The van der Waals surface area contributed by atoms with Crippen LogP contribution in [0.4, 0.5) is 11.5 Å². The Morgan fingerprint density at radius 1 is 1.09 bits per heavy atom. The molecule has 2 aromatic heterocycles. The number of pyridine rings is 2. The van der Waals surface area contributed by atoms with E-state index in [0.29, 0.717) is 11.5 Å². The molecule has 7 heteroatoms. The summed E-state index contributed by atoms with van der Waals surface area (Å²) in [7, 11) is 0. The summed E-state index contributed by atoms with van der Waals surface area (Å²) >= 11 is 0. The topological polar surface area (TPSA) is 93.3 Å². The number of hydrogen-bond acceptors (Lipinski definition) is 6. The number of nitrogens with one attached hydrogen (secondary N) is 1. The number of hydrogen-bond donors (Lipinski definition) is 1. The van der Waals surface area contributed by atoms with Gasteiger partial charge in [-0.1, -0.05) is 24.3 Å². The van der Waals surface area contributed by atoms with E-state index in [9.17, 15) is 10.1 Å². The fraction of sp³-hybridized carbons (Fsp3) is 0. The number of rotatable bonds is 4. The molecule has 22 heavy (non-hydrogen) atoms. The number of nitrogens with zero attached hydrogens (tertiary/aromatic N) is 4. The Bertz CT molecular complexity index is 846. The third-order valence-corrected chi connectivity index (χ3v) is 2.99. The third-order valence-electron chi connectivity index (χ3n) is 2.99. The van der Waals surface area contributed by atoms with E-state index < -0.39 is 4.92 Å². The van der Waals surface area contributed by atoms with Crippen molar-refractivity contribution in [2.24, 2.45) is 5.10 Å². The fourth-order valence-corrected chi connectivity index (χ4v) is 1.90. The maximum absolute atomic E-state index is 10.5. The lowest BCUT2D eigenvalue weighted by molar-refractivity contribution is -0.385. The third kappa shape index (κ3) is 3.04. The van der Waals surface area contributed by atoms with Crippen molar-refractivity contribution >= 4 is 28.5 Å². The van der Waals surface area contributed by atoms with E-state index in [-0.39, 0.29) is 5.69 Å². The molecule has 0 fully saturated rings. The molecule has 0 spiro atoms. The summed E-state index contributed by atoms with van der Waals surface area (Å²) in [5.41, 5.74) is 3.34. The van der Waals surface area contributed by atoms with Crippen LogP contribution in [0.25, 0.3) is 10.8 Å². The highest BCUT2D eigenvalue weighted by Gasteiger charge is 2.04. The first-order valence-electron chi connectivity index (χ1n) is 6.47. The second-order valence-corrected chi connectivity index (χ2v) is 4.49. The lowest BCUT2D eigenvalue weighted by atomic mass is 10.1. The summed E-state index contributed by atoms with van der Waals surface area (Å²) in [6.07, 6.45) is 4.52. The van der Waals surface area contributed by atoms with Crippen molar-refractivity contribution in [3.63, 3.8) is 0 Å². The number of aromatic nitrogens is 2. The van der Waals surface area contributed by atoms with Gasteiger partial charge in [-0.25, -0.2) is 4.98 Å². The maximum atomic E-state index is 10.5. The predicted octanol–water partition coefficient (Wildman–Crippen LogP) is 2.98. The van der Waals surface area contributed by atoms with Crippen LogP contribution >= 0.6 is 0 Å². The van der Waals surface area contributed by atoms with Crippen LogP contribution in [0.3, 0.4) is 0 Å². The number of hydrazone groups is 1. The van der Waals surface area contributed by atoms with Gasteiger partial charge in [0.15, 0.2) is 0 Å². The van der Waals surface area contributed by atoms with Gasteiger partial charge in [0.1, 0.15) is 12.0 Å². The second kappa shape index (κ2) is 5.96. The minimum absolute atomic E-state index is 0.0641. The Kier molecular flexibility index (Phi) is 3.69. The van der Waals surface area contributed by atoms with Gasteiger partial charge in [0.2, 0.25) is 0 Å². The highest BCUT2D eigenvalue weighted by atomic mass is 16.6. The standard InChI is InChI=1S/C15H11N5O2/c21-20(22)14-5-6-15(17-10-14)19-18-9-13-7-11-3-1-2-4-12(11)8-16-13/h1-10H,(H,17,19)/b18-9+. The van der Waals surface area contributed by atoms with Gasteiger partial charge in [-0.2, -0.15) is 5.10 Å². The number of benzene rings is 1. The highest BCUT2D eigenvalue weighted by molar-refractivity contribution is 5.88. The quantitative estimate of drug-likeness (QED) is 0.453. The number of nitro groups is 1. The van der Waals surface area contributed by atoms with E-state index in [0.717, 1.165) is 10.8 Å². The van der Waals surface area contributed by atoms with Crippen LogP contribution in [-0.2, 0) is 0 Å². The van der Waals surface area contributed by atoms with E-state index in [1.807, 2.05) is 30.3 Å². The van der Waals surface area contributed by atoms with E-state index in [1.165, 1.54) is 18.3 Å². The van der Waals surface area contributed by atoms with Crippen LogP contribution in [0.1, 0.15) is 5.69 Å². The Labute approximate surface area is 125 Å². The summed E-state index contributed by atoms with van der Waals surface area (Å²) in [5.74, 6) is 0.419. The van der Waals surface area contributed by atoms with Crippen molar-refractivity contribution < 1.29 is 4.92 Å². The first-order valence-corrected chi connectivity index (χ1v) is 6.47. The van der Waals surface area contributed by atoms with Gasteiger partial charge in [0.25, 0.3) is 5.69 Å². The van der Waals surface area contributed by atoms with Crippen LogP contribution in [0.15, 0.2) is 60.0 Å². The Morgan fingerprint density at radius 2 is 1.91 bits per heavy atom. The van der Waals surface area contributed by atoms with Gasteiger partial charge < -0.3 is 0 Å². The van der Waals surface area contributed by atoms with Gasteiger partial charge >= 0.3 is 0 Å². The van der Waals surface area contributed by atoms with Crippen LogP contribution in [0.2, 0.25) is 0 Å². The number of fused-ring (bicyclic) bond motifs is 1. The first-order chi connectivity index (χ1) is 10.7. The molecule has 0 aliphatic carbocycles. The summed E-state index contributed by atoms with van der Waals surface area (Å²) in [6, 6.07) is 12.7. The van der Waals surface area contributed by atoms with Gasteiger partial charge in [0.05, 0.1) is 16.8 Å². The maximum Gasteiger partial charge on any atom is 0.287 e. The molecule has 0 saturated carbocycles. The van der Waals surface area contributed by atoms with Crippen molar-refractivity contribution in [1.82, 2.24) is 9.97 Å². The van der Waals surface area contributed by atoms with E-state index in [4.69, 9.17) is 0 Å². The molecule has 0 saturated heterocycles. The molecule has 0 amide bonds. The molecule has 1 N–H and O–H groups in total. The van der Waals surface area contributed by atoms with Gasteiger partial charge in [-0.05, 0) is 17.5 Å². The summed E-state index contributed by atoms with van der Waals surface area (Å²) in [5, 5.41) is 16.7. The zero-order valence-electron chi connectivity index (χ0n) is 11.4. The molecule has 0 atom stereocenters. The molecule has 0 unspecified atom stereocenters. The van der Waals surface area contributed by atoms with Crippen molar-refractivity contribution in [3.8, 4) is 0 Å². The Morgan fingerprint density at radius 3 is 2.64 bits per heavy atom. The van der Waals surface area contributed by atoms with Crippen LogP contribution in [-0.4, -0.2) is 21.1 Å². The lowest BCUT2D eigenvalue weighted by Crippen LogP contribution is -1.96. The summed E-state index contributed by atoms with van der Waals surface area (Å²) in [4.78, 5) is 18.2. The highest BCUT2D eigenvalue weighted by Crippen LogP contribution is 2.13. The molecule has 108 valence electrons. The summed E-state index contributed by atoms with van der Waals surface area (Å²) < 4.78 is 0. The first kappa shape index (κ1) is 13.6. The minimum Gasteiger partial charge on any atom is -0.261 e. The summed E-state index contributed by atoms with van der Waals surface area (Å²) in [6.45, 7) is 0. The van der Waals surface area contributed by atoms with Crippen molar-refractivity contribution in [2.75, 3.05) is 5.43 Å². The molecular formula is C15H11N5O2. The van der Waals surface area contributed by atoms with Crippen molar-refractivity contribution in [3.05, 3.63) is 70.7 Å². The average Bonchev–Trinajstić information content (AvgIpc) is 2.55. The predicted molar refractivity (Wildman–Crippen MR) is 83.9 cm³/mol. The largest absolute Gasteiger partial charge is 0.287 e. The zero-order chi connectivity index (χ0) is 15.4. The molecule has 0 aliphatic rings. The SMILES string of the molecule is O=[N+]([O-])c1ccc(N/N=C/c2cc3ccccc3cn2)nc1. The molecule has 3 rings (SSSR count). The van der Waals surface area contributed by atoms with Crippen LogP contribution in [0.5, 0.6) is 0 Å². The van der Waals surface area contributed by atoms with E-state index >= 15 is 0 Å². The Balaban J connectivity index is 1.71. The molecule has 3 aromatic rings. The molecular weight excluding hydrogens is 282 g/mol. The van der Waals surface area contributed by atoms with Gasteiger partial charge in [0, 0.05) is 17.6 Å². The number of anilines is 1. The minimum atomic E-state index is -0.501. The zero-order valence-corrected chi connectivity index (χ0v) is 11.4. The fourth-order valence-electron chi connectivity index (χ4n) is 1.90. The van der Waals surface area contributed by atoms with Crippen molar-refractivity contribution in [2.45, 2.75) is 0 Å². The molecule has 2 heterocycles. The normalized spacial score (nSPS) is 10.9. The van der Waals surface area contributed by atoms with E-state index in [1.54, 1.807) is 12.4 Å². The molecule has 1 aromatic carbocycles. The molecule has 0 aliphatic heterocycles. The average molecular weight is 293 g/mol. The lowest BCUT2D eigenvalue weighted by Gasteiger charge is -1.99. The molecule has 0 bridgehead atoms. The molecule has 0 radical (unpaired) electrons. The smallest absolute Gasteiger partial charge is 0.261 e. The van der Waals surface area contributed by atoms with Crippen LogP contribution in [0, 0.1) is 10.1 Å².